The molecule has 0 radical (unpaired) electrons. The van der Waals surface area contributed by atoms with Crippen LogP contribution in [0.5, 0.6) is 0 Å². The third-order valence-electron chi connectivity index (χ3n) is 4.72. The average Bonchev–Trinajstić information content (AvgIpc) is 2.71. The summed E-state index contributed by atoms with van der Waals surface area (Å²) in [5.41, 5.74) is 1.98. The molecule has 2 atom stereocenters. The van der Waals surface area contributed by atoms with Crippen molar-refractivity contribution >= 4 is 11.9 Å². The molecule has 0 heterocycles. The summed E-state index contributed by atoms with van der Waals surface area (Å²) in [4.78, 5) is 23.5. The van der Waals surface area contributed by atoms with Crippen LogP contribution in [0.25, 0.3) is 0 Å². The Morgan fingerprint density at radius 3 is 2.14 bits per heavy atom. The summed E-state index contributed by atoms with van der Waals surface area (Å²) in [6.07, 6.45) is 10.4. The fraction of sp³-hybridized carbons (Fsp3) is 0.500. The van der Waals surface area contributed by atoms with Gasteiger partial charge in [-0.3, -0.25) is 0 Å². The van der Waals surface area contributed by atoms with Gasteiger partial charge < -0.3 is 9.47 Å². The number of benzene rings is 1. The van der Waals surface area contributed by atoms with E-state index in [1.807, 2.05) is 24.3 Å². The molecule has 0 aliphatic carbocycles. The van der Waals surface area contributed by atoms with Crippen LogP contribution >= 0.6 is 0 Å². The van der Waals surface area contributed by atoms with Crippen LogP contribution in [0.15, 0.2) is 49.6 Å². The molecular formula is C24H34O4. The first-order valence-corrected chi connectivity index (χ1v) is 10.3. The molecule has 28 heavy (non-hydrogen) atoms. The van der Waals surface area contributed by atoms with Crippen molar-refractivity contribution in [2.24, 2.45) is 0 Å². The zero-order valence-corrected chi connectivity index (χ0v) is 17.3. The maximum Gasteiger partial charge on any atom is 0.330 e. The van der Waals surface area contributed by atoms with E-state index in [1.165, 1.54) is 38.5 Å². The number of hydrogen-bond donors (Lipinski definition) is 0. The van der Waals surface area contributed by atoms with E-state index in [0.717, 1.165) is 36.1 Å². The van der Waals surface area contributed by atoms with Gasteiger partial charge in [-0.2, -0.15) is 0 Å². The van der Waals surface area contributed by atoms with Gasteiger partial charge in [-0.15, -0.1) is 0 Å². The number of aryl methyl sites for hydroxylation is 1. The quantitative estimate of drug-likeness (QED) is 0.228. The van der Waals surface area contributed by atoms with Crippen LogP contribution in [-0.2, 0) is 25.5 Å². The number of carbonyl (C=O) groups is 2. The van der Waals surface area contributed by atoms with Crippen molar-refractivity contribution in [3.8, 4) is 0 Å². The topological polar surface area (TPSA) is 52.6 Å². The zero-order chi connectivity index (χ0) is 20.8. The van der Waals surface area contributed by atoms with E-state index < -0.39 is 24.1 Å². The number of carbonyl (C=O) groups excluding carboxylic acids is 2. The van der Waals surface area contributed by atoms with Crippen LogP contribution in [0, 0.1) is 0 Å². The Labute approximate surface area is 169 Å². The van der Waals surface area contributed by atoms with Crippen molar-refractivity contribution in [2.45, 2.75) is 77.4 Å². The van der Waals surface area contributed by atoms with Gasteiger partial charge in [0, 0.05) is 12.2 Å². The predicted molar refractivity (Wildman–Crippen MR) is 113 cm³/mol. The van der Waals surface area contributed by atoms with Crippen molar-refractivity contribution in [3.63, 3.8) is 0 Å². The first kappa shape index (κ1) is 23.7. The van der Waals surface area contributed by atoms with E-state index in [9.17, 15) is 9.59 Å². The number of ether oxygens (including phenoxy) is 2. The third-order valence-corrected chi connectivity index (χ3v) is 4.72. The molecule has 1 rings (SSSR count). The molecule has 0 N–H and O–H groups in total. The summed E-state index contributed by atoms with van der Waals surface area (Å²) in [7, 11) is 0. The van der Waals surface area contributed by atoms with E-state index >= 15 is 0 Å². The highest BCUT2D eigenvalue weighted by Gasteiger charge is 2.27. The Bertz CT molecular complexity index is 635. The van der Waals surface area contributed by atoms with Crippen LogP contribution in [0.4, 0.5) is 0 Å². The highest BCUT2D eigenvalue weighted by molar-refractivity contribution is 5.82. The smallest absolute Gasteiger partial charge is 0.330 e. The van der Waals surface area contributed by atoms with Gasteiger partial charge in [-0.05, 0) is 30.9 Å². The summed E-state index contributed by atoms with van der Waals surface area (Å²) in [5, 5.41) is 0. The predicted octanol–water partition coefficient (Wildman–Crippen LogP) is 5.87. The first-order valence-electron chi connectivity index (χ1n) is 10.3. The second-order valence-corrected chi connectivity index (χ2v) is 6.98. The van der Waals surface area contributed by atoms with Gasteiger partial charge >= 0.3 is 11.9 Å². The molecule has 1 aromatic carbocycles. The highest BCUT2D eigenvalue weighted by Crippen LogP contribution is 2.28. The largest absolute Gasteiger partial charge is 0.455 e. The Morgan fingerprint density at radius 2 is 1.50 bits per heavy atom. The first-order chi connectivity index (χ1) is 13.5. The lowest BCUT2D eigenvalue weighted by Gasteiger charge is -2.25. The highest BCUT2D eigenvalue weighted by atomic mass is 16.6. The van der Waals surface area contributed by atoms with Gasteiger partial charge in [0.15, 0.2) is 6.10 Å². The van der Waals surface area contributed by atoms with Gasteiger partial charge in [0.1, 0.15) is 6.10 Å². The molecule has 0 saturated carbocycles. The third kappa shape index (κ3) is 8.55. The SMILES string of the molecule is C=CC(=O)OC(C)C(OC(=O)C=C)c1ccccc1CCCCCCCCC. The lowest BCUT2D eigenvalue weighted by Crippen LogP contribution is -2.26. The van der Waals surface area contributed by atoms with Crippen LogP contribution < -0.4 is 0 Å². The van der Waals surface area contributed by atoms with E-state index in [2.05, 4.69) is 20.1 Å². The van der Waals surface area contributed by atoms with E-state index in [-0.39, 0.29) is 0 Å². The lowest BCUT2D eigenvalue weighted by molar-refractivity contribution is -0.160. The fourth-order valence-corrected chi connectivity index (χ4v) is 3.19. The minimum atomic E-state index is -0.685. The van der Waals surface area contributed by atoms with E-state index in [1.54, 1.807) is 6.92 Å². The summed E-state index contributed by atoms with van der Waals surface area (Å²) < 4.78 is 10.9. The normalized spacial score (nSPS) is 12.6. The maximum atomic E-state index is 11.9. The molecule has 0 aromatic heterocycles. The van der Waals surface area contributed by atoms with E-state index in [4.69, 9.17) is 9.47 Å². The molecule has 0 aliphatic heterocycles. The van der Waals surface area contributed by atoms with Crippen LogP contribution in [0.1, 0.15) is 76.0 Å². The Kier molecular flexibility index (Phi) is 11.6. The van der Waals surface area contributed by atoms with E-state index in [0.29, 0.717) is 0 Å². The molecule has 4 heteroatoms. The Balaban J connectivity index is 2.83. The number of rotatable bonds is 14. The molecular weight excluding hydrogens is 352 g/mol. The summed E-state index contributed by atoms with van der Waals surface area (Å²) >= 11 is 0. The van der Waals surface area contributed by atoms with Crippen LogP contribution in [-0.4, -0.2) is 18.0 Å². The Morgan fingerprint density at radius 1 is 0.929 bits per heavy atom. The molecule has 4 nitrogen and oxygen atoms in total. The summed E-state index contributed by atoms with van der Waals surface area (Å²) in [6.45, 7) is 10.8. The molecule has 2 unspecified atom stereocenters. The molecule has 0 fully saturated rings. The number of hydrogen-bond acceptors (Lipinski definition) is 4. The van der Waals surface area contributed by atoms with Crippen LogP contribution in [0.3, 0.4) is 0 Å². The molecule has 0 spiro atoms. The molecule has 0 amide bonds. The van der Waals surface area contributed by atoms with Gasteiger partial charge in [0.2, 0.25) is 0 Å². The second kappa shape index (κ2) is 13.8. The summed E-state index contributed by atoms with van der Waals surface area (Å²) in [5.74, 6) is -1.09. The molecule has 154 valence electrons. The Hall–Kier alpha value is -2.36. The number of esters is 2. The average molecular weight is 387 g/mol. The minimum Gasteiger partial charge on any atom is -0.455 e. The molecule has 0 bridgehead atoms. The van der Waals surface area contributed by atoms with Gasteiger partial charge in [-0.1, -0.05) is 82.9 Å². The van der Waals surface area contributed by atoms with Gasteiger partial charge in [-0.25, -0.2) is 9.59 Å². The molecule has 1 aromatic rings. The fourth-order valence-electron chi connectivity index (χ4n) is 3.19. The zero-order valence-electron chi connectivity index (χ0n) is 17.3. The van der Waals surface area contributed by atoms with Crippen molar-refractivity contribution < 1.29 is 19.1 Å². The van der Waals surface area contributed by atoms with Crippen LogP contribution in [0.2, 0.25) is 0 Å². The minimum absolute atomic E-state index is 0.544. The molecule has 0 aliphatic rings. The summed E-state index contributed by atoms with van der Waals surface area (Å²) in [6, 6.07) is 7.85. The maximum absolute atomic E-state index is 11.9. The van der Waals surface area contributed by atoms with Crippen molar-refractivity contribution in [2.75, 3.05) is 0 Å². The number of unbranched alkanes of at least 4 members (excludes halogenated alkanes) is 6. The van der Waals surface area contributed by atoms with Gasteiger partial charge in [0.05, 0.1) is 0 Å². The monoisotopic (exact) mass is 386 g/mol. The standard InChI is InChI=1S/C24H34O4/c1-5-8-9-10-11-12-13-16-20-17-14-15-18-21(20)24(28-23(26)7-3)19(4)27-22(25)6-2/h6-7,14-15,17-19,24H,2-3,5,8-13,16H2,1,4H3. The van der Waals surface area contributed by atoms with Crippen molar-refractivity contribution in [1.29, 1.82) is 0 Å². The van der Waals surface area contributed by atoms with Gasteiger partial charge in [0.25, 0.3) is 0 Å². The lowest BCUT2D eigenvalue weighted by atomic mass is 9.95. The second-order valence-electron chi connectivity index (χ2n) is 6.98. The van der Waals surface area contributed by atoms with Crippen molar-refractivity contribution in [1.82, 2.24) is 0 Å². The molecule has 0 saturated heterocycles. The van der Waals surface area contributed by atoms with Crippen molar-refractivity contribution in [3.05, 3.63) is 60.7 Å².